The van der Waals surface area contributed by atoms with Crippen molar-refractivity contribution < 1.29 is 62.6 Å². The SMILES string of the molecule is CC(CC(S(=O)(=O)C(F)(F)F)S(=O)(=O)C(F)(F)F)OC(=O)OC1CCC(O)CC1. The van der Waals surface area contributed by atoms with Gasteiger partial charge in [-0.1, -0.05) is 0 Å². The van der Waals surface area contributed by atoms with Crippen LogP contribution in [0.1, 0.15) is 39.0 Å². The lowest BCUT2D eigenvalue weighted by Gasteiger charge is -2.26. The van der Waals surface area contributed by atoms with E-state index in [9.17, 15) is 53.1 Å². The number of rotatable bonds is 6. The molecule has 16 heteroatoms. The van der Waals surface area contributed by atoms with Crippen LogP contribution in [-0.4, -0.2) is 62.0 Å². The minimum absolute atomic E-state index is 0.220. The molecule has 0 heterocycles. The van der Waals surface area contributed by atoms with Gasteiger partial charge in [0.05, 0.1) is 6.10 Å². The second-order valence-corrected chi connectivity index (χ2v) is 10.9. The molecule has 0 aromatic heterocycles. The van der Waals surface area contributed by atoms with Crippen LogP contribution in [0.2, 0.25) is 0 Å². The Morgan fingerprint density at radius 2 is 1.38 bits per heavy atom. The zero-order valence-electron chi connectivity index (χ0n) is 14.7. The lowest BCUT2D eigenvalue weighted by atomic mass is 9.95. The number of carbonyl (C=O) groups excluding carboxylic acids is 1. The molecule has 8 nitrogen and oxygen atoms in total. The molecule has 1 atom stereocenters. The summed E-state index contributed by atoms with van der Waals surface area (Å²) in [6.07, 6.45) is -5.65. The number of aliphatic hydroxyl groups excluding tert-OH is 1. The summed E-state index contributed by atoms with van der Waals surface area (Å²) in [6, 6.07) is 0. The Morgan fingerprint density at radius 1 is 0.966 bits per heavy atom. The highest BCUT2D eigenvalue weighted by Gasteiger charge is 2.63. The molecule has 1 fully saturated rings. The first kappa shape index (κ1) is 25.7. The van der Waals surface area contributed by atoms with E-state index in [-0.39, 0.29) is 25.7 Å². The number of halogens is 6. The molecule has 1 unspecified atom stereocenters. The van der Waals surface area contributed by atoms with Crippen LogP contribution in [0.4, 0.5) is 31.1 Å². The number of hydrogen-bond donors (Lipinski definition) is 1. The van der Waals surface area contributed by atoms with Crippen LogP contribution < -0.4 is 0 Å². The van der Waals surface area contributed by atoms with Crippen LogP contribution >= 0.6 is 0 Å². The Labute approximate surface area is 162 Å². The maximum absolute atomic E-state index is 12.7. The van der Waals surface area contributed by atoms with Gasteiger partial charge in [0.2, 0.25) is 0 Å². The summed E-state index contributed by atoms with van der Waals surface area (Å²) in [4.78, 5) is 11.6. The largest absolute Gasteiger partial charge is 0.508 e. The van der Waals surface area contributed by atoms with Gasteiger partial charge >= 0.3 is 17.2 Å². The molecule has 0 aliphatic heterocycles. The van der Waals surface area contributed by atoms with Crippen LogP contribution in [0.15, 0.2) is 0 Å². The fourth-order valence-electron chi connectivity index (χ4n) is 2.53. The van der Waals surface area contributed by atoms with Gasteiger partial charge in [0.25, 0.3) is 19.7 Å². The predicted molar refractivity (Wildman–Crippen MR) is 83.6 cm³/mol. The van der Waals surface area contributed by atoms with Crippen molar-refractivity contribution in [3.8, 4) is 0 Å². The molecule has 0 spiro atoms. The second kappa shape index (κ2) is 8.83. The summed E-state index contributed by atoms with van der Waals surface area (Å²) in [7, 11) is -13.6. The first-order valence-electron chi connectivity index (χ1n) is 8.05. The van der Waals surface area contributed by atoms with Crippen molar-refractivity contribution >= 4 is 25.8 Å². The molecule has 1 N–H and O–H groups in total. The highest BCUT2D eigenvalue weighted by molar-refractivity contribution is 8.09. The summed E-state index contributed by atoms with van der Waals surface area (Å²) in [5.41, 5.74) is -12.6. The molecule has 1 aliphatic carbocycles. The first-order chi connectivity index (χ1) is 12.9. The van der Waals surface area contributed by atoms with Gasteiger partial charge < -0.3 is 14.6 Å². The molecule has 0 saturated heterocycles. The monoisotopic (exact) mass is 480 g/mol. The van der Waals surface area contributed by atoms with Gasteiger partial charge in [-0.3, -0.25) is 0 Å². The Morgan fingerprint density at radius 3 is 1.76 bits per heavy atom. The van der Waals surface area contributed by atoms with Gasteiger partial charge in [0, 0.05) is 6.42 Å². The Bertz CT molecular complexity index is 737. The summed E-state index contributed by atoms with van der Waals surface area (Å²) in [5.74, 6) is 0. The van der Waals surface area contributed by atoms with E-state index in [0.29, 0.717) is 0 Å². The average molecular weight is 480 g/mol. The summed E-state index contributed by atoms with van der Waals surface area (Å²) in [5, 5.41) is 9.32. The Balaban J connectivity index is 2.95. The van der Waals surface area contributed by atoms with Gasteiger partial charge in [-0.15, -0.1) is 0 Å². The fourth-order valence-corrected chi connectivity index (χ4v) is 6.16. The van der Waals surface area contributed by atoms with E-state index in [1.165, 1.54) is 0 Å². The minimum atomic E-state index is -6.81. The Kier molecular flexibility index (Phi) is 7.84. The smallest absolute Gasteiger partial charge is 0.431 e. The highest BCUT2D eigenvalue weighted by Crippen LogP contribution is 2.38. The van der Waals surface area contributed by atoms with E-state index in [1.807, 2.05) is 0 Å². The summed E-state index contributed by atoms with van der Waals surface area (Å²) < 4.78 is 127. The zero-order chi connectivity index (χ0) is 22.8. The lowest BCUT2D eigenvalue weighted by Crippen LogP contribution is -2.46. The van der Waals surface area contributed by atoms with E-state index in [4.69, 9.17) is 4.74 Å². The number of aliphatic hydroxyl groups is 1. The van der Waals surface area contributed by atoms with Crippen LogP contribution in [0.25, 0.3) is 0 Å². The molecule has 1 rings (SSSR count). The maximum atomic E-state index is 12.7. The normalized spacial score (nSPS) is 22.9. The number of ether oxygens (including phenoxy) is 2. The lowest BCUT2D eigenvalue weighted by molar-refractivity contribution is -0.0481. The van der Waals surface area contributed by atoms with E-state index in [0.717, 1.165) is 6.92 Å². The van der Waals surface area contributed by atoms with Gasteiger partial charge in [-0.2, -0.15) is 26.3 Å². The number of sulfone groups is 2. The summed E-state index contributed by atoms with van der Waals surface area (Å²) in [6.45, 7) is 0.719. The molecule has 0 radical (unpaired) electrons. The zero-order valence-corrected chi connectivity index (χ0v) is 16.4. The van der Waals surface area contributed by atoms with Crippen molar-refractivity contribution in [2.45, 2.75) is 72.9 Å². The Hall–Kier alpha value is -1.29. The molecule has 29 heavy (non-hydrogen) atoms. The van der Waals surface area contributed by atoms with Gasteiger partial charge in [0.15, 0.2) is 4.58 Å². The first-order valence-corrected chi connectivity index (χ1v) is 11.1. The summed E-state index contributed by atoms with van der Waals surface area (Å²) >= 11 is 0. The standard InChI is InChI=1S/C13H18F6O8S2/c1-7(26-11(21)27-9-4-2-8(20)3-5-9)6-10(28(22,23)12(14,15)16)29(24,25)13(17,18)19/h7-10,20H,2-6H2,1H3. The average Bonchev–Trinajstić information content (AvgIpc) is 2.52. The van der Waals surface area contributed by atoms with Crippen LogP contribution in [0.5, 0.6) is 0 Å². The molecule has 0 amide bonds. The molecule has 0 bridgehead atoms. The highest BCUT2D eigenvalue weighted by atomic mass is 32.3. The van der Waals surface area contributed by atoms with Crippen LogP contribution in [0, 0.1) is 0 Å². The van der Waals surface area contributed by atoms with Crippen molar-refractivity contribution in [2.24, 2.45) is 0 Å². The number of hydrogen-bond acceptors (Lipinski definition) is 8. The quantitative estimate of drug-likeness (QED) is 0.454. The minimum Gasteiger partial charge on any atom is -0.431 e. The van der Waals surface area contributed by atoms with E-state index < -0.39 is 66.2 Å². The topological polar surface area (TPSA) is 124 Å². The number of alkyl halides is 6. The van der Waals surface area contributed by atoms with Gasteiger partial charge in [-0.25, -0.2) is 21.6 Å². The predicted octanol–water partition coefficient (Wildman–Crippen LogP) is 2.42. The van der Waals surface area contributed by atoms with Crippen molar-refractivity contribution in [2.75, 3.05) is 0 Å². The van der Waals surface area contributed by atoms with Gasteiger partial charge in [0.1, 0.15) is 12.2 Å². The second-order valence-electron chi connectivity index (χ2n) is 6.37. The molecule has 1 aliphatic rings. The third-order valence-corrected chi connectivity index (χ3v) is 8.65. The molecule has 172 valence electrons. The van der Waals surface area contributed by atoms with E-state index in [2.05, 4.69) is 4.74 Å². The molecule has 0 aromatic rings. The van der Waals surface area contributed by atoms with Crippen molar-refractivity contribution in [1.29, 1.82) is 0 Å². The van der Waals surface area contributed by atoms with E-state index >= 15 is 0 Å². The van der Waals surface area contributed by atoms with Crippen molar-refractivity contribution in [3.05, 3.63) is 0 Å². The third kappa shape index (κ3) is 6.34. The third-order valence-electron chi connectivity index (χ3n) is 4.07. The van der Waals surface area contributed by atoms with Gasteiger partial charge in [-0.05, 0) is 32.6 Å². The van der Waals surface area contributed by atoms with Crippen molar-refractivity contribution in [1.82, 2.24) is 0 Å². The molecule has 0 aromatic carbocycles. The van der Waals surface area contributed by atoms with Crippen LogP contribution in [0.3, 0.4) is 0 Å². The van der Waals surface area contributed by atoms with Crippen molar-refractivity contribution in [3.63, 3.8) is 0 Å². The molecular weight excluding hydrogens is 462 g/mol. The molecule has 1 saturated carbocycles. The maximum Gasteiger partial charge on any atom is 0.508 e. The number of carbonyl (C=O) groups is 1. The fraction of sp³-hybridized carbons (Fsp3) is 0.923. The van der Waals surface area contributed by atoms with E-state index in [1.54, 1.807) is 0 Å². The van der Waals surface area contributed by atoms with Crippen LogP contribution in [-0.2, 0) is 29.1 Å². The molecular formula is C13H18F6O8S2.